The van der Waals surface area contributed by atoms with E-state index in [2.05, 4.69) is 15.6 Å². The molecule has 1 atom stereocenters. The molecule has 1 unspecified atom stereocenters. The van der Waals surface area contributed by atoms with Gasteiger partial charge in [-0.3, -0.25) is 29.8 Å². The van der Waals surface area contributed by atoms with Gasteiger partial charge in [0.2, 0.25) is 15.9 Å². The Bertz CT molecular complexity index is 1520. The van der Waals surface area contributed by atoms with Gasteiger partial charge in [0.25, 0.3) is 5.91 Å². The van der Waals surface area contributed by atoms with Crippen molar-refractivity contribution in [3.63, 3.8) is 0 Å². The zero-order valence-electron chi connectivity index (χ0n) is 20.5. The molecular weight excluding hydrogens is 550 g/mol. The van der Waals surface area contributed by atoms with E-state index >= 15 is 0 Å². The molecule has 13 nitrogen and oxygen atoms in total. The number of carbonyl (C=O) groups excluding carboxylic acids is 3. The fourth-order valence-electron chi connectivity index (χ4n) is 4.10. The Labute approximate surface area is 227 Å². The van der Waals surface area contributed by atoms with E-state index in [4.69, 9.17) is 4.74 Å². The SMILES string of the molecule is CC(=O)Nc1ccc(S(=O)(=O)N2CCc3ccccc3C2CC(=O)OCC(=O)Nc2ncc([N+](=O)[O-])s2)cc1. The molecule has 15 heteroatoms. The van der Waals surface area contributed by atoms with E-state index < -0.39 is 39.5 Å². The number of sulfonamides is 1. The molecule has 0 aliphatic carbocycles. The standard InChI is InChI=1S/C24H23N5O8S2/c1-15(30)26-17-6-8-18(9-7-17)39(35,36)28-11-10-16-4-2-3-5-19(16)20(28)12-23(32)37-14-21(31)27-24-25-13-22(38-24)29(33)34/h2-9,13,20H,10-12,14H2,1H3,(H,26,30)(H,25,27,31). The average molecular weight is 574 g/mol. The molecular formula is C24H23N5O8S2. The first-order valence-electron chi connectivity index (χ1n) is 11.6. The largest absolute Gasteiger partial charge is 0.456 e. The van der Waals surface area contributed by atoms with Crippen molar-refractivity contribution >= 4 is 55.0 Å². The van der Waals surface area contributed by atoms with Crippen molar-refractivity contribution in [3.8, 4) is 0 Å². The van der Waals surface area contributed by atoms with E-state index in [0.29, 0.717) is 29.0 Å². The summed E-state index contributed by atoms with van der Waals surface area (Å²) in [5, 5.41) is 15.4. The van der Waals surface area contributed by atoms with Crippen LogP contribution < -0.4 is 10.6 Å². The molecule has 0 saturated carbocycles. The lowest BCUT2D eigenvalue weighted by atomic mass is 9.92. The van der Waals surface area contributed by atoms with Gasteiger partial charge in [0, 0.05) is 19.2 Å². The Hall–Kier alpha value is -4.21. The molecule has 1 aliphatic rings. The summed E-state index contributed by atoms with van der Waals surface area (Å²) in [5.74, 6) is -1.85. The molecule has 2 heterocycles. The normalized spacial score (nSPS) is 15.2. The number of fused-ring (bicyclic) bond motifs is 1. The Morgan fingerprint density at radius 2 is 1.87 bits per heavy atom. The molecule has 2 amide bonds. The van der Waals surface area contributed by atoms with Gasteiger partial charge < -0.3 is 10.1 Å². The lowest BCUT2D eigenvalue weighted by Gasteiger charge is -2.36. The van der Waals surface area contributed by atoms with E-state index in [1.165, 1.54) is 35.5 Å². The number of nitrogens with one attached hydrogen (secondary N) is 2. The highest BCUT2D eigenvalue weighted by Crippen LogP contribution is 2.36. The molecule has 0 spiro atoms. The molecule has 1 aliphatic heterocycles. The number of rotatable bonds is 9. The molecule has 1 aromatic heterocycles. The van der Waals surface area contributed by atoms with Gasteiger partial charge in [0.1, 0.15) is 6.20 Å². The van der Waals surface area contributed by atoms with Crippen LogP contribution in [0.15, 0.2) is 59.6 Å². The average Bonchev–Trinajstić information content (AvgIpc) is 3.36. The van der Waals surface area contributed by atoms with Gasteiger partial charge >= 0.3 is 11.0 Å². The quantitative estimate of drug-likeness (QED) is 0.221. The van der Waals surface area contributed by atoms with E-state index in [9.17, 15) is 32.9 Å². The maximum absolute atomic E-state index is 13.6. The Kier molecular flexibility index (Phi) is 8.32. The predicted octanol–water partition coefficient (Wildman–Crippen LogP) is 2.87. The van der Waals surface area contributed by atoms with Gasteiger partial charge in [-0.05, 0) is 53.1 Å². The van der Waals surface area contributed by atoms with Crippen molar-refractivity contribution in [1.82, 2.24) is 9.29 Å². The number of nitro groups is 1. The summed E-state index contributed by atoms with van der Waals surface area (Å²) >= 11 is 0.652. The third kappa shape index (κ3) is 6.63. The second kappa shape index (κ2) is 11.7. The van der Waals surface area contributed by atoms with Crippen molar-refractivity contribution in [2.75, 3.05) is 23.8 Å². The Morgan fingerprint density at radius 1 is 1.15 bits per heavy atom. The van der Waals surface area contributed by atoms with E-state index in [0.717, 1.165) is 11.8 Å². The minimum atomic E-state index is -4.05. The molecule has 0 fully saturated rings. The van der Waals surface area contributed by atoms with Crippen molar-refractivity contribution in [2.24, 2.45) is 0 Å². The molecule has 4 rings (SSSR count). The third-order valence-electron chi connectivity index (χ3n) is 5.79. The Morgan fingerprint density at radius 3 is 2.54 bits per heavy atom. The van der Waals surface area contributed by atoms with Crippen molar-refractivity contribution in [2.45, 2.75) is 30.7 Å². The van der Waals surface area contributed by atoms with Crippen molar-refractivity contribution < 1.29 is 32.5 Å². The second-order valence-corrected chi connectivity index (χ2v) is 11.4. The van der Waals surface area contributed by atoms with Gasteiger partial charge in [-0.2, -0.15) is 4.31 Å². The second-order valence-electron chi connectivity index (χ2n) is 8.46. The maximum atomic E-state index is 13.6. The summed E-state index contributed by atoms with van der Waals surface area (Å²) in [6.45, 7) is 0.778. The molecule has 3 aromatic rings. The zero-order valence-corrected chi connectivity index (χ0v) is 22.2. The molecule has 204 valence electrons. The summed E-state index contributed by atoms with van der Waals surface area (Å²) in [4.78, 5) is 50.0. The first-order chi connectivity index (χ1) is 18.5. The highest BCUT2D eigenvalue weighted by molar-refractivity contribution is 7.89. The van der Waals surface area contributed by atoms with Crippen LogP contribution in [0.5, 0.6) is 0 Å². The minimum Gasteiger partial charge on any atom is -0.456 e. The monoisotopic (exact) mass is 573 g/mol. The topological polar surface area (TPSA) is 178 Å². The zero-order chi connectivity index (χ0) is 28.2. The Balaban J connectivity index is 1.48. The summed E-state index contributed by atoms with van der Waals surface area (Å²) < 4.78 is 33.6. The van der Waals surface area contributed by atoms with Crippen LogP contribution in [0.2, 0.25) is 0 Å². The van der Waals surface area contributed by atoms with Crippen LogP contribution in [0.1, 0.15) is 30.5 Å². The van der Waals surface area contributed by atoms with Gasteiger partial charge in [-0.25, -0.2) is 13.4 Å². The van der Waals surface area contributed by atoms with E-state index in [-0.39, 0.29) is 33.9 Å². The van der Waals surface area contributed by atoms with Crippen LogP contribution in [0.4, 0.5) is 15.8 Å². The van der Waals surface area contributed by atoms with Crippen molar-refractivity contribution in [1.29, 1.82) is 0 Å². The molecule has 2 N–H and O–H groups in total. The van der Waals surface area contributed by atoms with Crippen LogP contribution in [0, 0.1) is 10.1 Å². The smallest absolute Gasteiger partial charge is 0.345 e. The number of hydrogen-bond acceptors (Lipinski definition) is 10. The van der Waals surface area contributed by atoms with Gasteiger partial charge in [0.15, 0.2) is 11.7 Å². The predicted molar refractivity (Wildman–Crippen MR) is 140 cm³/mol. The maximum Gasteiger partial charge on any atom is 0.345 e. The van der Waals surface area contributed by atoms with E-state index in [1.54, 1.807) is 12.1 Å². The van der Waals surface area contributed by atoms with Gasteiger partial charge in [-0.15, -0.1) is 0 Å². The summed E-state index contributed by atoms with van der Waals surface area (Å²) in [6.07, 6.45) is 1.08. The number of hydrogen-bond donors (Lipinski definition) is 2. The van der Waals surface area contributed by atoms with Crippen LogP contribution >= 0.6 is 11.3 Å². The number of benzene rings is 2. The van der Waals surface area contributed by atoms with E-state index in [1.807, 2.05) is 12.1 Å². The first-order valence-corrected chi connectivity index (χ1v) is 13.8. The summed E-state index contributed by atoms with van der Waals surface area (Å²) in [6, 6.07) is 12.0. The third-order valence-corrected chi connectivity index (χ3v) is 8.58. The lowest BCUT2D eigenvalue weighted by Crippen LogP contribution is -2.41. The van der Waals surface area contributed by atoms with Crippen LogP contribution in [-0.2, 0) is 35.6 Å². The van der Waals surface area contributed by atoms with Gasteiger partial charge in [-0.1, -0.05) is 24.3 Å². The fraction of sp³-hybridized carbons (Fsp3) is 0.250. The van der Waals surface area contributed by atoms with Crippen LogP contribution in [0.3, 0.4) is 0 Å². The molecule has 0 bridgehead atoms. The number of esters is 1. The highest BCUT2D eigenvalue weighted by Gasteiger charge is 2.38. The molecule has 2 aromatic carbocycles. The number of amides is 2. The number of carbonyl (C=O) groups is 3. The van der Waals surface area contributed by atoms with Crippen LogP contribution in [-0.4, -0.2) is 53.6 Å². The summed E-state index contributed by atoms with van der Waals surface area (Å²) in [7, 11) is -4.05. The number of thiazole rings is 1. The van der Waals surface area contributed by atoms with Crippen LogP contribution in [0.25, 0.3) is 0 Å². The fourth-order valence-corrected chi connectivity index (χ4v) is 6.36. The number of nitrogens with zero attached hydrogens (tertiary/aromatic N) is 3. The summed E-state index contributed by atoms with van der Waals surface area (Å²) in [5.41, 5.74) is 1.99. The minimum absolute atomic E-state index is 0.00808. The van der Waals surface area contributed by atoms with Crippen molar-refractivity contribution in [3.05, 3.63) is 76.0 Å². The number of ether oxygens (including phenoxy) is 1. The van der Waals surface area contributed by atoms with Gasteiger partial charge in [0.05, 0.1) is 22.3 Å². The first kappa shape index (κ1) is 27.8. The lowest BCUT2D eigenvalue weighted by molar-refractivity contribution is -0.380. The highest BCUT2D eigenvalue weighted by atomic mass is 32.2. The molecule has 0 radical (unpaired) electrons. The number of anilines is 2. The molecule has 0 saturated heterocycles. The number of aromatic nitrogens is 1. The molecule has 39 heavy (non-hydrogen) atoms.